The van der Waals surface area contributed by atoms with Crippen LogP contribution in [0.1, 0.15) is 6.92 Å². The second-order valence-corrected chi connectivity index (χ2v) is 0.930. The van der Waals surface area contributed by atoms with Crippen molar-refractivity contribution in [1.29, 1.82) is 5.41 Å². The van der Waals surface area contributed by atoms with Gasteiger partial charge in [0.15, 0.2) is 0 Å². The molecule has 0 aromatic rings. The fourth-order valence-corrected chi connectivity index (χ4v) is 0. The van der Waals surface area contributed by atoms with Crippen molar-refractivity contribution in [3.8, 4) is 0 Å². The molecule has 0 aromatic carbocycles. The molecule has 6 heteroatoms. The Bertz CT molecular complexity index is 59.5. The summed E-state index contributed by atoms with van der Waals surface area (Å²) in [5.74, 6) is 0.167. The summed E-state index contributed by atoms with van der Waals surface area (Å²) in [5.41, 5.74) is 4.69. The van der Waals surface area contributed by atoms with Gasteiger partial charge < -0.3 is 5.73 Å². The molecule has 0 aliphatic heterocycles. The highest BCUT2D eigenvalue weighted by atomic mass is 19.4. The lowest BCUT2D eigenvalue weighted by molar-refractivity contribution is 0.535. The largest absolute Gasteiger partial charge is 0.762 e. The minimum atomic E-state index is -3.67. The summed E-state index contributed by atoms with van der Waals surface area (Å²) in [6.45, 7) is 1.53. The predicted molar refractivity (Wildman–Crippen MR) is 26.7 cm³/mol. The zero-order valence-electron chi connectivity index (χ0n) is 4.29. The Morgan fingerprint density at radius 1 is 1.50 bits per heavy atom. The van der Waals surface area contributed by atoms with Crippen molar-refractivity contribution in [3.63, 3.8) is 0 Å². The SMILES string of the molecule is CC(=N)N.FB(F)F. The van der Waals surface area contributed by atoms with Gasteiger partial charge in [0.05, 0.1) is 5.84 Å². The Labute approximate surface area is 45.6 Å². The van der Waals surface area contributed by atoms with Gasteiger partial charge in [0.1, 0.15) is 0 Å². The van der Waals surface area contributed by atoms with Crippen LogP contribution < -0.4 is 5.73 Å². The third kappa shape index (κ3) is 219. The smallest absolute Gasteiger partial charge is 0.388 e. The average Bonchev–Trinajstić information content (AvgIpc) is 1.25. The number of halogens is 3. The van der Waals surface area contributed by atoms with Gasteiger partial charge in [0, 0.05) is 0 Å². The van der Waals surface area contributed by atoms with E-state index in [0.717, 1.165) is 0 Å². The van der Waals surface area contributed by atoms with Gasteiger partial charge in [0.25, 0.3) is 0 Å². The summed E-state index contributed by atoms with van der Waals surface area (Å²) in [7, 11) is -3.67. The van der Waals surface area contributed by atoms with E-state index in [4.69, 9.17) is 11.1 Å². The van der Waals surface area contributed by atoms with E-state index in [2.05, 4.69) is 0 Å². The van der Waals surface area contributed by atoms with Crippen LogP contribution in [0.25, 0.3) is 0 Å². The number of hydrogen-bond acceptors (Lipinski definition) is 1. The van der Waals surface area contributed by atoms with E-state index in [1.54, 1.807) is 0 Å². The molecule has 3 N–H and O–H groups in total. The Hall–Kier alpha value is -0.675. The van der Waals surface area contributed by atoms with E-state index < -0.39 is 7.54 Å². The van der Waals surface area contributed by atoms with Gasteiger partial charge in [-0.2, -0.15) is 0 Å². The van der Waals surface area contributed by atoms with Crippen LogP contribution in [0.15, 0.2) is 0 Å². The number of amidine groups is 1. The summed E-state index contributed by atoms with van der Waals surface area (Å²) in [5, 5.41) is 6.28. The topological polar surface area (TPSA) is 49.9 Å². The lowest BCUT2D eigenvalue weighted by Gasteiger charge is -1.66. The third-order valence-corrected chi connectivity index (χ3v) is 0. The molecule has 2 nitrogen and oxygen atoms in total. The maximum absolute atomic E-state index is 9.67. The second-order valence-electron chi connectivity index (χ2n) is 0.930. The summed E-state index contributed by atoms with van der Waals surface area (Å²) in [6.07, 6.45) is 0. The van der Waals surface area contributed by atoms with Gasteiger partial charge in [-0.15, -0.1) is 0 Å². The first-order chi connectivity index (χ1) is 3.46. The molecule has 0 aliphatic carbocycles. The maximum atomic E-state index is 9.67. The molecule has 0 saturated carbocycles. The highest BCUT2D eigenvalue weighted by molar-refractivity contribution is 6.33. The monoisotopic (exact) mass is 126 g/mol. The molecule has 0 aliphatic rings. The molecule has 0 amide bonds. The van der Waals surface area contributed by atoms with E-state index in [1.807, 2.05) is 0 Å². The van der Waals surface area contributed by atoms with E-state index in [0.29, 0.717) is 0 Å². The van der Waals surface area contributed by atoms with Crippen LogP contribution in [-0.2, 0) is 0 Å². The minimum absolute atomic E-state index is 0.167. The second kappa shape index (κ2) is 6.32. The number of nitrogens with two attached hydrogens (primary N) is 1. The van der Waals surface area contributed by atoms with E-state index in [-0.39, 0.29) is 5.84 Å². The highest BCUT2D eigenvalue weighted by Crippen LogP contribution is 1.80. The van der Waals surface area contributed by atoms with Crippen LogP contribution in [0, 0.1) is 5.41 Å². The van der Waals surface area contributed by atoms with E-state index >= 15 is 0 Å². The number of nitrogens with one attached hydrogen (secondary N) is 1. The molecule has 8 heavy (non-hydrogen) atoms. The Balaban J connectivity index is 0. The summed E-state index contributed by atoms with van der Waals surface area (Å²) in [4.78, 5) is 0. The lowest BCUT2D eigenvalue weighted by Crippen LogP contribution is -2.00. The van der Waals surface area contributed by atoms with Crippen molar-refractivity contribution in [2.75, 3.05) is 0 Å². The van der Waals surface area contributed by atoms with Crippen LogP contribution >= 0.6 is 0 Å². The van der Waals surface area contributed by atoms with Gasteiger partial charge in [-0.1, -0.05) is 0 Å². The molecule has 0 fully saturated rings. The predicted octanol–water partition coefficient (Wildman–Crippen LogP) is 0.822. The first kappa shape index (κ1) is 10.3. The molecule has 0 heterocycles. The zero-order chi connectivity index (χ0) is 7.15. The van der Waals surface area contributed by atoms with Crippen LogP contribution in [0.5, 0.6) is 0 Å². The number of hydrogen-bond donors (Lipinski definition) is 2. The molecule has 0 rings (SSSR count). The fraction of sp³-hybridized carbons (Fsp3) is 0.500. The van der Waals surface area contributed by atoms with Gasteiger partial charge in [-0.3, -0.25) is 18.4 Å². The molecule has 0 saturated heterocycles. The molecule has 0 aromatic heterocycles. The molecular formula is C2H6BF3N2. The first-order valence-electron chi connectivity index (χ1n) is 1.69. The number of rotatable bonds is 0. The van der Waals surface area contributed by atoms with Crippen LogP contribution in [0.2, 0.25) is 0 Å². The van der Waals surface area contributed by atoms with Crippen molar-refractivity contribution in [1.82, 2.24) is 0 Å². The Morgan fingerprint density at radius 2 is 1.50 bits per heavy atom. The molecule has 0 radical (unpaired) electrons. The van der Waals surface area contributed by atoms with Crippen molar-refractivity contribution in [2.45, 2.75) is 6.92 Å². The summed E-state index contributed by atoms with van der Waals surface area (Å²) in [6, 6.07) is 0. The minimum Gasteiger partial charge on any atom is -0.388 e. The molecule has 0 spiro atoms. The van der Waals surface area contributed by atoms with Gasteiger partial charge >= 0.3 is 7.54 Å². The normalized spacial score (nSPS) is 6.50. The van der Waals surface area contributed by atoms with E-state index in [1.165, 1.54) is 6.92 Å². The van der Waals surface area contributed by atoms with Crippen LogP contribution in [0.4, 0.5) is 12.9 Å². The van der Waals surface area contributed by atoms with E-state index in [9.17, 15) is 12.9 Å². The fourth-order valence-electron chi connectivity index (χ4n) is 0. The zero-order valence-corrected chi connectivity index (χ0v) is 4.29. The van der Waals surface area contributed by atoms with Gasteiger partial charge in [-0.05, 0) is 6.92 Å². The van der Waals surface area contributed by atoms with Crippen molar-refractivity contribution in [3.05, 3.63) is 0 Å². The standard InChI is InChI=1S/C2H6N2.BF3/c1-2(3)4;2-1(3)4/h1H3,(H3,3,4);. The quantitative estimate of drug-likeness (QED) is 0.281. The molecule has 0 bridgehead atoms. The summed E-state index contributed by atoms with van der Waals surface area (Å²) < 4.78 is 29.0. The molecule has 0 atom stereocenters. The summed E-state index contributed by atoms with van der Waals surface area (Å²) >= 11 is 0. The van der Waals surface area contributed by atoms with Crippen molar-refractivity contribution >= 4 is 13.4 Å². The Kier molecular flexibility index (Phi) is 8.17. The van der Waals surface area contributed by atoms with Gasteiger partial charge in [-0.25, -0.2) is 0 Å². The van der Waals surface area contributed by atoms with Crippen molar-refractivity contribution in [2.24, 2.45) is 5.73 Å². The highest BCUT2D eigenvalue weighted by Gasteiger charge is 2.06. The molecule has 48 valence electrons. The van der Waals surface area contributed by atoms with Crippen LogP contribution in [0.3, 0.4) is 0 Å². The van der Waals surface area contributed by atoms with Gasteiger partial charge in [0.2, 0.25) is 0 Å². The lowest BCUT2D eigenvalue weighted by atomic mass is 10.5. The molecule has 0 unspecified atom stereocenters. The molecular weight excluding hydrogens is 120 g/mol. The Morgan fingerprint density at radius 3 is 1.50 bits per heavy atom. The third-order valence-electron chi connectivity index (χ3n) is 0. The van der Waals surface area contributed by atoms with Crippen LogP contribution in [-0.4, -0.2) is 13.4 Å². The average molecular weight is 126 g/mol. The maximum Gasteiger partial charge on any atom is 0.762 e. The van der Waals surface area contributed by atoms with Crippen molar-refractivity contribution < 1.29 is 12.9 Å². The first-order valence-corrected chi connectivity index (χ1v) is 1.69.